The molecule has 2 saturated heterocycles. The molecule has 0 bridgehead atoms. The third-order valence-electron chi connectivity index (χ3n) is 8.03. The maximum Gasteiger partial charge on any atom is 0.223 e. The fourth-order valence-electron chi connectivity index (χ4n) is 6.07. The highest BCUT2D eigenvalue weighted by molar-refractivity contribution is 6.03. The molecule has 198 valence electrons. The molecular weight excluding hydrogens is 448 g/mol. The Labute approximate surface area is 218 Å². The number of piperidine rings is 2. The number of nitrogens with zero attached hydrogens (tertiary/aromatic N) is 3. The van der Waals surface area contributed by atoms with Crippen LogP contribution in [0.2, 0.25) is 0 Å². The summed E-state index contributed by atoms with van der Waals surface area (Å²) in [7, 11) is 0. The Balaban J connectivity index is 1.16. The maximum absolute atomic E-state index is 12.7. The van der Waals surface area contributed by atoms with E-state index in [1.807, 2.05) is 6.92 Å². The van der Waals surface area contributed by atoms with Gasteiger partial charge in [-0.2, -0.15) is 0 Å². The van der Waals surface area contributed by atoms with E-state index in [9.17, 15) is 4.79 Å². The first-order valence-electron chi connectivity index (χ1n) is 14.1. The predicted octanol–water partition coefficient (Wildman–Crippen LogP) is 4.63. The molecule has 1 aromatic carbocycles. The molecule has 3 heterocycles. The summed E-state index contributed by atoms with van der Waals surface area (Å²) in [4.78, 5) is 22.8. The molecule has 0 spiro atoms. The van der Waals surface area contributed by atoms with Crippen molar-refractivity contribution in [2.45, 2.75) is 59.8 Å². The fraction of sp³-hybridized carbons (Fsp3) is 0.667. The number of likely N-dealkylation sites (tertiary alicyclic amines) is 2. The van der Waals surface area contributed by atoms with Gasteiger partial charge in [0, 0.05) is 37.7 Å². The van der Waals surface area contributed by atoms with Crippen LogP contribution in [0.4, 0.5) is 0 Å². The first-order valence-corrected chi connectivity index (χ1v) is 14.1. The highest BCUT2D eigenvalue weighted by atomic mass is 16.5. The number of unbranched alkanes of at least 4 members (excludes halogenated alkanes) is 1. The number of ether oxygens (including phenoxy) is 1. The summed E-state index contributed by atoms with van der Waals surface area (Å²) in [5, 5.41) is 3.21. The Kier molecular flexibility index (Phi) is 9.60. The topological polar surface area (TPSA) is 57.2 Å². The zero-order chi connectivity index (χ0) is 25.5. The molecule has 4 rings (SSSR count). The molecular formula is C30H46N4O2. The SMILES string of the molecule is CC1=C(CN2CCC(C(=O)NCCCCN3CC(C)CC(C)C3)CC2)N=C(c2ccccc2C)CO1. The average Bonchev–Trinajstić information content (AvgIpc) is 2.85. The molecule has 3 aliphatic rings. The number of aryl methyl sites for hydroxylation is 1. The predicted molar refractivity (Wildman–Crippen MR) is 147 cm³/mol. The van der Waals surface area contributed by atoms with E-state index in [4.69, 9.17) is 9.73 Å². The van der Waals surface area contributed by atoms with Crippen molar-refractivity contribution in [3.05, 3.63) is 46.8 Å². The normalized spacial score (nSPS) is 24.4. The van der Waals surface area contributed by atoms with Crippen molar-refractivity contribution in [1.29, 1.82) is 0 Å². The minimum Gasteiger partial charge on any atom is -0.490 e. The Hall–Kier alpha value is -2.18. The number of nitrogens with one attached hydrogen (secondary N) is 1. The number of carbonyl (C=O) groups excluding carboxylic acids is 1. The lowest BCUT2D eigenvalue weighted by Gasteiger charge is -2.35. The van der Waals surface area contributed by atoms with Crippen LogP contribution in [0.1, 0.15) is 64.0 Å². The number of rotatable bonds is 9. The monoisotopic (exact) mass is 494 g/mol. The number of carbonyl (C=O) groups is 1. The van der Waals surface area contributed by atoms with Gasteiger partial charge in [0.2, 0.25) is 5.91 Å². The highest BCUT2D eigenvalue weighted by Crippen LogP contribution is 2.24. The van der Waals surface area contributed by atoms with Crippen molar-refractivity contribution in [2.75, 3.05) is 52.4 Å². The van der Waals surface area contributed by atoms with Crippen LogP contribution in [0.15, 0.2) is 40.7 Å². The van der Waals surface area contributed by atoms with Gasteiger partial charge in [0.25, 0.3) is 0 Å². The van der Waals surface area contributed by atoms with Crippen LogP contribution in [-0.2, 0) is 9.53 Å². The van der Waals surface area contributed by atoms with Gasteiger partial charge in [-0.1, -0.05) is 38.1 Å². The molecule has 2 fully saturated rings. The van der Waals surface area contributed by atoms with Crippen LogP contribution in [-0.4, -0.2) is 73.8 Å². The molecule has 6 heteroatoms. The first kappa shape index (κ1) is 26.9. The summed E-state index contributed by atoms with van der Waals surface area (Å²) in [5.74, 6) is 2.92. The molecule has 3 aliphatic heterocycles. The molecule has 0 aliphatic carbocycles. The van der Waals surface area contributed by atoms with Gasteiger partial charge in [0.15, 0.2) is 0 Å². The Morgan fingerprint density at radius 1 is 1.06 bits per heavy atom. The zero-order valence-corrected chi connectivity index (χ0v) is 22.9. The molecule has 0 radical (unpaired) electrons. The molecule has 0 aromatic heterocycles. The van der Waals surface area contributed by atoms with Gasteiger partial charge in [-0.05, 0) is 83.0 Å². The number of hydrogen-bond acceptors (Lipinski definition) is 5. The highest BCUT2D eigenvalue weighted by Gasteiger charge is 2.27. The number of aliphatic imine (C=N–C) groups is 1. The van der Waals surface area contributed by atoms with Crippen LogP contribution < -0.4 is 5.32 Å². The second kappa shape index (κ2) is 12.9. The summed E-state index contributed by atoms with van der Waals surface area (Å²) < 4.78 is 5.98. The van der Waals surface area contributed by atoms with E-state index in [-0.39, 0.29) is 11.8 Å². The number of benzene rings is 1. The van der Waals surface area contributed by atoms with Crippen LogP contribution in [0.25, 0.3) is 0 Å². The summed E-state index contributed by atoms with van der Waals surface area (Å²) in [6.45, 7) is 16.5. The zero-order valence-electron chi connectivity index (χ0n) is 22.9. The second-order valence-electron chi connectivity index (χ2n) is 11.4. The second-order valence-corrected chi connectivity index (χ2v) is 11.4. The third kappa shape index (κ3) is 7.42. The molecule has 1 N–H and O–H groups in total. The molecule has 36 heavy (non-hydrogen) atoms. The molecule has 1 amide bonds. The van der Waals surface area contributed by atoms with Gasteiger partial charge < -0.3 is 15.0 Å². The molecule has 2 atom stereocenters. The summed E-state index contributed by atoms with van der Waals surface area (Å²) in [6, 6.07) is 8.35. The van der Waals surface area contributed by atoms with E-state index in [1.165, 1.54) is 31.5 Å². The lowest BCUT2D eigenvalue weighted by atomic mass is 9.92. The fourth-order valence-corrected chi connectivity index (χ4v) is 6.07. The lowest BCUT2D eigenvalue weighted by Crippen LogP contribution is -2.42. The van der Waals surface area contributed by atoms with Crippen molar-refractivity contribution >= 4 is 11.6 Å². The van der Waals surface area contributed by atoms with Crippen molar-refractivity contribution < 1.29 is 9.53 Å². The Morgan fingerprint density at radius 2 is 1.78 bits per heavy atom. The van der Waals surface area contributed by atoms with Gasteiger partial charge in [0.1, 0.15) is 12.4 Å². The molecule has 6 nitrogen and oxygen atoms in total. The van der Waals surface area contributed by atoms with E-state index < -0.39 is 0 Å². The number of allylic oxidation sites excluding steroid dienone is 1. The van der Waals surface area contributed by atoms with Crippen molar-refractivity contribution in [2.24, 2.45) is 22.7 Å². The smallest absolute Gasteiger partial charge is 0.223 e. The number of hydrogen-bond donors (Lipinski definition) is 1. The number of amides is 1. The standard InChI is InChI=1S/C30H46N4O2/c1-22-17-23(2)19-34(18-22)14-8-7-13-31-30(35)26-11-15-33(16-12-26)20-28-25(4)36-21-29(32-28)27-10-6-5-9-24(27)3/h5-6,9-10,22-23,26H,7-8,11-21H2,1-4H3,(H,31,35). The minimum atomic E-state index is 0.133. The largest absolute Gasteiger partial charge is 0.490 e. The van der Waals surface area contributed by atoms with E-state index in [0.717, 1.165) is 86.6 Å². The molecule has 1 aromatic rings. The van der Waals surface area contributed by atoms with Gasteiger partial charge in [-0.15, -0.1) is 0 Å². The van der Waals surface area contributed by atoms with Gasteiger partial charge in [0.05, 0.1) is 11.4 Å². The van der Waals surface area contributed by atoms with Gasteiger partial charge in [-0.3, -0.25) is 9.69 Å². The summed E-state index contributed by atoms with van der Waals surface area (Å²) in [5.41, 5.74) is 4.41. The van der Waals surface area contributed by atoms with Crippen LogP contribution in [0.5, 0.6) is 0 Å². The third-order valence-corrected chi connectivity index (χ3v) is 8.03. The van der Waals surface area contributed by atoms with Crippen LogP contribution >= 0.6 is 0 Å². The lowest BCUT2D eigenvalue weighted by molar-refractivity contribution is -0.126. The van der Waals surface area contributed by atoms with Crippen molar-refractivity contribution in [1.82, 2.24) is 15.1 Å². The summed E-state index contributed by atoms with van der Waals surface area (Å²) in [6.07, 6.45) is 5.42. The van der Waals surface area contributed by atoms with E-state index in [2.05, 4.69) is 60.2 Å². The maximum atomic E-state index is 12.7. The minimum absolute atomic E-state index is 0.133. The van der Waals surface area contributed by atoms with Crippen LogP contribution in [0.3, 0.4) is 0 Å². The van der Waals surface area contributed by atoms with E-state index >= 15 is 0 Å². The van der Waals surface area contributed by atoms with E-state index in [1.54, 1.807) is 0 Å². The Bertz CT molecular complexity index is 938. The van der Waals surface area contributed by atoms with Crippen molar-refractivity contribution in [3.63, 3.8) is 0 Å². The molecule has 0 saturated carbocycles. The quantitative estimate of drug-likeness (QED) is 0.509. The van der Waals surface area contributed by atoms with Crippen molar-refractivity contribution in [3.8, 4) is 0 Å². The van der Waals surface area contributed by atoms with Gasteiger partial charge >= 0.3 is 0 Å². The summed E-state index contributed by atoms with van der Waals surface area (Å²) >= 11 is 0. The average molecular weight is 495 g/mol. The molecule has 2 unspecified atom stereocenters. The van der Waals surface area contributed by atoms with Gasteiger partial charge in [-0.25, -0.2) is 4.99 Å². The first-order chi connectivity index (χ1) is 17.4. The Morgan fingerprint density at radius 3 is 2.50 bits per heavy atom. The van der Waals surface area contributed by atoms with E-state index in [0.29, 0.717) is 6.61 Å². The van der Waals surface area contributed by atoms with Crippen LogP contribution in [0, 0.1) is 24.7 Å².